The molecule has 0 fully saturated rings. The van der Waals surface area contributed by atoms with E-state index in [0.29, 0.717) is 6.42 Å². The smallest absolute Gasteiger partial charge is 0.305 e. The Morgan fingerprint density at radius 1 is 1.22 bits per heavy atom. The first-order chi connectivity index (χ1) is 12.9. The molecular formula is C21H23NO4S. The summed E-state index contributed by atoms with van der Waals surface area (Å²) in [6.45, 7) is 4.04. The van der Waals surface area contributed by atoms with Crippen LogP contribution in [0.1, 0.15) is 34.7 Å². The maximum absolute atomic E-state index is 12.7. The van der Waals surface area contributed by atoms with Crippen LogP contribution >= 0.6 is 11.8 Å². The second kappa shape index (κ2) is 8.05. The number of carbonyl (C=O) groups is 2. The summed E-state index contributed by atoms with van der Waals surface area (Å²) in [6, 6.07) is 11.0. The number of aliphatic carboxylic acids is 1. The van der Waals surface area contributed by atoms with Crippen molar-refractivity contribution in [1.82, 2.24) is 5.32 Å². The summed E-state index contributed by atoms with van der Waals surface area (Å²) in [5.74, 6) is -0.518. The third-order valence-corrected chi connectivity index (χ3v) is 5.60. The maximum atomic E-state index is 12.7. The van der Waals surface area contributed by atoms with Gasteiger partial charge < -0.3 is 15.2 Å². The zero-order valence-corrected chi connectivity index (χ0v) is 16.4. The molecule has 142 valence electrons. The van der Waals surface area contributed by atoms with Crippen molar-refractivity contribution < 1.29 is 19.4 Å². The van der Waals surface area contributed by atoms with E-state index >= 15 is 0 Å². The minimum Gasteiger partial charge on any atom is -0.481 e. The van der Waals surface area contributed by atoms with Gasteiger partial charge in [0.25, 0.3) is 5.91 Å². The summed E-state index contributed by atoms with van der Waals surface area (Å²) in [7, 11) is 0. The van der Waals surface area contributed by atoms with Crippen molar-refractivity contribution >= 4 is 23.6 Å². The second-order valence-corrected chi connectivity index (χ2v) is 7.67. The Labute approximate surface area is 163 Å². The van der Waals surface area contributed by atoms with Crippen molar-refractivity contribution in [2.24, 2.45) is 0 Å². The van der Waals surface area contributed by atoms with Crippen LogP contribution in [-0.2, 0) is 16.0 Å². The molecule has 6 heteroatoms. The maximum Gasteiger partial charge on any atom is 0.305 e. The van der Waals surface area contributed by atoms with Gasteiger partial charge in [0.2, 0.25) is 0 Å². The number of hydrogen-bond donors (Lipinski definition) is 2. The molecular weight excluding hydrogens is 362 g/mol. The highest BCUT2D eigenvalue weighted by atomic mass is 32.2. The fourth-order valence-corrected chi connectivity index (χ4v) is 3.60. The highest BCUT2D eigenvalue weighted by Crippen LogP contribution is 2.32. The van der Waals surface area contributed by atoms with Gasteiger partial charge in [-0.1, -0.05) is 18.2 Å². The zero-order chi connectivity index (χ0) is 19.6. The Morgan fingerprint density at radius 2 is 1.89 bits per heavy atom. The average molecular weight is 385 g/mol. The summed E-state index contributed by atoms with van der Waals surface area (Å²) < 4.78 is 5.82. The minimum atomic E-state index is -0.962. The Morgan fingerprint density at radius 3 is 2.52 bits per heavy atom. The normalized spacial score (nSPS) is 16.3. The fourth-order valence-electron chi connectivity index (χ4n) is 3.19. The van der Waals surface area contributed by atoms with Gasteiger partial charge in [0.15, 0.2) is 6.10 Å². The molecule has 1 aliphatic heterocycles. The number of carboxylic acids is 1. The third kappa shape index (κ3) is 4.45. The lowest BCUT2D eigenvalue weighted by Gasteiger charge is -2.20. The summed E-state index contributed by atoms with van der Waals surface area (Å²) in [4.78, 5) is 25.1. The van der Waals surface area contributed by atoms with Gasteiger partial charge in [0.05, 0.1) is 12.5 Å². The summed E-state index contributed by atoms with van der Waals surface area (Å²) in [6.07, 6.45) is 1.66. The van der Waals surface area contributed by atoms with Gasteiger partial charge in [0, 0.05) is 11.3 Å². The molecule has 1 aliphatic rings. The number of fused-ring (bicyclic) bond motifs is 1. The van der Waals surface area contributed by atoms with E-state index in [9.17, 15) is 14.7 Å². The van der Waals surface area contributed by atoms with Crippen LogP contribution in [0.5, 0.6) is 5.75 Å². The zero-order valence-electron chi connectivity index (χ0n) is 15.6. The third-order valence-electron chi connectivity index (χ3n) is 4.86. The van der Waals surface area contributed by atoms with Crippen molar-refractivity contribution in [3.05, 3.63) is 58.7 Å². The molecule has 0 saturated carbocycles. The predicted octanol–water partition coefficient (Wildman–Crippen LogP) is 3.66. The SMILES string of the molecule is CSc1ccc(C(CC(=O)O)NC(=O)C2Cc3cc(C)c(C)cc3O2)cc1. The van der Waals surface area contributed by atoms with Crippen molar-refractivity contribution in [1.29, 1.82) is 0 Å². The number of carboxylic acid groups (broad SMARTS) is 1. The number of nitrogens with one attached hydrogen (secondary N) is 1. The number of carbonyl (C=O) groups excluding carboxylic acids is 1. The number of thioether (sulfide) groups is 1. The van der Waals surface area contributed by atoms with Crippen LogP contribution in [0, 0.1) is 13.8 Å². The Bertz CT molecular complexity index is 832. The molecule has 5 nitrogen and oxygen atoms in total. The standard InChI is InChI=1S/C21H23NO4S/c1-12-8-15-10-19(26-18(15)9-13(12)2)21(25)22-17(11-20(23)24)14-4-6-16(27-3)7-5-14/h4-9,17,19H,10-11H2,1-3H3,(H,22,25)(H,23,24). The van der Waals surface area contributed by atoms with Gasteiger partial charge in [-0.15, -0.1) is 11.8 Å². The monoisotopic (exact) mass is 385 g/mol. The van der Waals surface area contributed by atoms with Gasteiger partial charge >= 0.3 is 5.97 Å². The average Bonchev–Trinajstić information content (AvgIpc) is 3.04. The summed E-state index contributed by atoms with van der Waals surface area (Å²) in [5, 5.41) is 12.1. The van der Waals surface area contributed by atoms with Crippen molar-refractivity contribution in [2.75, 3.05) is 6.26 Å². The first-order valence-corrected chi connectivity index (χ1v) is 10.0. The van der Waals surface area contributed by atoms with Gasteiger partial charge in [-0.25, -0.2) is 0 Å². The van der Waals surface area contributed by atoms with E-state index in [1.165, 1.54) is 0 Å². The number of aryl methyl sites for hydroxylation is 2. The van der Waals surface area contributed by atoms with E-state index in [0.717, 1.165) is 32.9 Å². The van der Waals surface area contributed by atoms with Crippen LogP contribution in [-0.4, -0.2) is 29.3 Å². The number of rotatable bonds is 6. The molecule has 2 atom stereocenters. The van der Waals surface area contributed by atoms with Crippen LogP contribution < -0.4 is 10.1 Å². The van der Waals surface area contributed by atoms with Gasteiger partial charge in [0.1, 0.15) is 5.75 Å². The van der Waals surface area contributed by atoms with Crippen LogP contribution in [0.4, 0.5) is 0 Å². The molecule has 1 heterocycles. The molecule has 0 bridgehead atoms. The van der Waals surface area contributed by atoms with E-state index in [1.807, 2.05) is 56.5 Å². The van der Waals surface area contributed by atoms with E-state index in [2.05, 4.69) is 5.32 Å². The van der Waals surface area contributed by atoms with E-state index in [-0.39, 0.29) is 12.3 Å². The molecule has 0 saturated heterocycles. The molecule has 2 N–H and O–H groups in total. The molecule has 27 heavy (non-hydrogen) atoms. The van der Waals surface area contributed by atoms with Crippen molar-refractivity contribution in [3.63, 3.8) is 0 Å². The second-order valence-electron chi connectivity index (χ2n) is 6.79. The Balaban J connectivity index is 1.74. The highest BCUT2D eigenvalue weighted by Gasteiger charge is 2.31. The first-order valence-electron chi connectivity index (χ1n) is 8.80. The number of ether oxygens (including phenoxy) is 1. The summed E-state index contributed by atoms with van der Waals surface area (Å²) >= 11 is 1.61. The lowest BCUT2D eigenvalue weighted by atomic mass is 10.0. The predicted molar refractivity (Wildman–Crippen MR) is 105 cm³/mol. The lowest BCUT2D eigenvalue weighted by Crippen LogP contribution is -2.40. The van der Waals surface area contributed by atoms with E-state index in [4.69, 9.17) is 4.74 Å². The Hall–Kier alpha value is -2.47. The lowest BCUT2D eigenvalue weighted by molar-refractivity contribution is -0.138. The topological polar surface area (TPSA) is 75.6 Å². The number of hydrogen-bond acceptors (Lipinski definition) is 4. The number of amides is 1. The molecule has 0 aliphatic carbocycles. The van der Waals surface area contributed by atoms with Gasteiger partial charge in [-0.2, -0.15) is 0 Å². The molecule has 3 rings (SSSR count). The largest absolute Gasteiger partial charge is 0.481 e. The molecule has 0 aromatic heterocycles. The molecule has 0 radical (unpaired) electrons. The quantitative estimate of drug-likeness (QED) is 0.742. The molecule has 2 aromatic rings. The fraction of sp³-hybridized carbons (Fsp3) is 0.333. The summed E-state index contributed by atoms with van der Waals surface area (Å²) in [5.41, 5.74) is 4.06. The van der Waals surface area contributed by atoms with Crippen molar-refractivity contribution in [3.8, 4) is 5.75 Å². The van der Waals surface area contributed by atoms with Crippen LogP contribution in [0.3, 0.4) is 0 Å². The first kappa shape index (κ1) is 19.3. The van der Waals surface area contributed by atoms with Crippen LogP contribution in [0.2, 0.25) is 0 Å². The van der Waals surface area contributed by atoms with Crippen LogP contribution in [0.25, 0.3) is 0 Å². The number of benzene rings is 2. The van der Waals surface area contributed by atoms with E-state index in [1.54, 1.807) is 11.8 Å². The van der Waals surface area contributed by atoms with Crippen molar-refractivity contribution in [2.45, 2.75) is 43.7 Å². The van der Waals surface area contributed by atoms with Gasteiger partial charge in [-0.05, 0) is 60.6 Å². The molecule has 0 spiro atoms. The van der Waals surface area contributed by atoms with Crippen LogP contribution in [0.15, 0.2) is 41.3 Å². The molecule has 1 amide bonds. The molecule has 2 unspecified atom stereocenters. The minimum absolute atomic E-state index is 0.178. The van der Waals surface area contributed by atoms with Gasteiger partial charge in [-0.3, -0.25) is 9.59 Å². The van der Waals surface area contributed by atoms with E-state index < -0.39 is 18.1 Å². The highest BCUT2D eigenvalue weighted by molar-refractivity contribution is 7.98. The molecule has 2 aromatic carbocycles. The Kier molecular flexibility index (Phi) is 5.75.